The van der Waals surface area contributed by atoms with Crippen molar-refractivity contribution in [3.63, 3.8) is 0 Å². The van der Waals surface area contributed by atoms with Gasteiger partial charge in [-0.25, -0.2) is 4.90 Å². The second kappa shape index (κ2) is 8.72. The largest absolute Gasteiger partial charge is 0.504 e. The summed E-state index contributed by atoms with van der Waals surface area (Å²) in [4.78, 5) is 43.4. The first-order valence-electron chi connectivity index (χ1n) is 13.3. The van der Waals surface area contributed by atoms with Crippen LogP contribution in [0.25, 0.3) is 0 Å². The number of aromatic hydroxyl groups is 2. The topological polar surface area (TPSA) is 137 Å². The number of hydrogen-bond acceptors (Lipinski definition) is 8. The molecule has 0 bridgehead atoms. The predicted octanol–water partition coefficient (Wildman–Crippen LogP) is 2.60. The minimum Gasteiger partial charge on any atom is -0.504 e. The van der Waals surface area contributed by atoms with Gasteiger partial charge in [-0.1, -0.05) is 25.1 Å². The number of nitrogens with zero attached hydrogens (tertiary/aromatic N) is 1. The molecule has 3 amide bonds. The zero-order chi connectivity index (χ0) is 27.8. The lowest BCUT2D eigenvalue weighted by atomic mass is 9.76. The molecule has 2 fully saturated rings. The van der Waals surface area contributed by atoms with Gasteiger partial charge in [0.25, 0.3) is 0 Å². The Hall–Kier alpha value is -4.57. The molecule has 0 aliphatic carbocycles. The lowest BCUT2D eigenvalue weighted by Gasteiger charge is -2.30. The van der Waals surface area contributed by atoms with Crippen LogP contribution in [0.2, 0.25) is 0 Å². The van der Waals surface area contributed by atoms with Gasteiger partial charge < -0.3 is 25.0 Å². The quantitative estimate of drug-likeness (QED) is 0.292. The van der Waals surface area contributed by atoms with E-state index in [0.29, 0.717) is 47.2 Å². The van der Waals surface area contributed by atoms with E-state index in [1.165, 1.54) is 12.1 Å². The number of phenolic OH excluding ortho intramolecular Hbond substituents is 2. The molecule has 7 rings (SSSR count). The van der Waals surface area contributed by atoms with Crippen LogP contribution in [0.15, 0.2) is 54.6 Å². The summed E-state index contributed by atoms with van der Waals surface area (Å²) >= 11 is 0. The molecule has 4 aliphatic rings. The Balaban J connectivity index is 1.36. The first-order chi connectivity index (χ1) is 19.3. The smallest absolute Gasteiger partial charge is 0.250 e. The van der Waals surface area contributed by atoms with Crippen molar-refractivity contribution in [2.45, 2.75) is 31.3 Å². The monoisotopic (exact) mass is 541 g/mol. The van der Waals surface area contributed by atoms with Crippen molar-refractivity contribution in [3.8, 4) is 23.0 Å². The predicted molar refractivity (Wildman–Crippen MR) is 143 cm³/mol. The highest BCUT2D eigenvalue weighted by Crippen LogP contribution is 2.54. The number of nitrogens with one attached hydrogen (secondary N) is 2. The molecule has 2 saturated heterocycles. The summed E-state index contributed by atoms with van der Waals surface area (Å²) in [5.74, 6) is -2.70. The van der Waals surface area contributed by atoms with Gasteiger partial charge in [-0.05, 0) is 54.3 Å². The highest BCUT2D eigenvalue weighted by atomic mass is 16.6. The summed E-state index contributed by atoms with van der Waals surface area (Å²) in [6, 6.07) is 14.5. The molecule has 3 aromatic carbocycles. The van der Waals surface area contributed by atoms with Gasteiger partial charge in [0.15, 0.2) is 23.0 Å². The van der Waals surface area contributed by atoms with E-state index in [9.17, 15) is 24.6 Å². The Bertz CT molecular complexity index is 1600. The van der Waals surface area contributed by atoms with Crippen molar-refractivity contribution in [2.24, 2.45) is 11.8 Å². The van der Waals surface area contributed by atoms with Crippen LogP contribution in [0.1, 0.15) is 23.6 Å². The maximum absolute atomic E-state index is 14.3. The molecule has 40 heavy (non-hydrogen) atoms. The molecule has 10 nitrogen and oxygen atoms in total. The number of rotatable bonds is 4. The number of amides is 3. The van der Waals surface area contributed by atoms with Gasteiger partial charge in [0.05, 0.1) is 17.5 Å². The van der Waals surface area contributed by atoms with Crippen molar-refractivity contribution in [2.75, 3.05) is 23.4 Å². The molecule has 10 heteroatoms. The van der Waals surface area contributed by atoms with Crippen LogP contribution in [0.4, 0.5) is 11.4 Å². The summed E-state index contributed by atoms with van der Waals surface area (Å²) in [5, 5.41) is 26.2. The Labute approximate surface area is 229 Å². The Morgan fingerprint density at radius 1 is 0.900 bits per heavy atom. The van der Waals surface area contributed by atoms with Crippen LogP contribution in [0, 0.1) is 11.8 Å². The number of phenols is 2. The van der Waals surface area contributed by atoms with E-state index in [1.54, 1.807) is 24.3 Å². The van der Waals surface area contributed by atoms with Gasteiger partial charge in [0.2, 0.25) is 17.7 Å². The number of carbonyl (C=O) groups is 3. The van der Waals surface area contributed by atoms with E-state index in [4.69, 9.17) is 9.47 Å². The molecule has 4 atom stereocenters. The highest BCUT2D eigenvalue weighted by molar-refractivity contribution is 6.26. The van der Waals surface area contributed by atoms with Gasteiger partial charge >= 0.3 is 0 Å². The van der Waals surface area contributed by atoms with Gasteiger partial charge in [0.1, 0.15) is 18.8 Å². The fourth-order valence-electron chi connectivity index (χ4n) is 6.62. The van der Waals surface area contributed by atoms with Crippen LogP contribution in [-0.2, 0) is 32.8 Å². The number of aryl methyl sites for hydroxylation is 1. The fraction of sp³-hybridized carbons (Fsp3) is 0.300. The van der Waals surface area contributed by atoms with Crippen molar-refractivity contribution in [3.05, 3.63) is 71.3 Å². The first-order valence-corrected chi connectivity index (χ1v) is 13.3. The van der Waals surface area contributed by atoms with E-state index in [1.807, 2.05) is 25.1 Å². The molecule has 4 N–H and O–H groups in total. The van der Waals surface area contributed by atoms with Gasteiger partial charge in [0, 0.05) is 23.4 Å². The standard InChI is InChI=1S/C30H27N3O7/c1-2-15-3-6-19-18(11-15)30(29(38)31-19)26-25(20(32-30)12-16-4-7-21(34)22(35)13-16)27(36)33(28(26)37)17-5-8-23-24(14-17)40-10-9-39-23/h3-8,11,13-14,20,25-26,32,34-35H,2,9-10,12H2,1H3,(H,31,38)/t20-,25-,26+,30+/m1/s1. The summed E-state index contributed by atoms with van der Waals surface area (Å²) < 4.78 is 11.3. The van der Waals surface area contributed by atoms with Crippen molar-refractivity contribution in [1.82, 2.24) is 5.32 Å². The van der Waals surface area contributed by atoms with Gasteiger partial charge in [-0.15, -0.1) is 0 Å². The highest BCUT2D eigenvalue weighted by Gasteiger charge is 2.70. The van der Waals surface area contributed by atoms with Crippen LogP contribution in [-0.4, -0.2) is 47.2 Å². The lowest BCUT2D eigenvalue weighted by molar-refractivity contribution is -0.130. The Morgan fingerprint density at radius 2 is 1.68 bits per heavy atom. The number of hydrogen-bond donors (Lipinski definition) is 4. The van der Waals surface area contributed by atoms with Crippen LogP contribution in [0.3, 0.4) is 0 Å². The van der Waals surface area contributed by atoms with Gasteiger partial charge in [-0.3, -0.25) is 19.7 Å². The van der Waals surface area contributed by atoms with Crippen molar-refractivity contribution in [1.29, 1.82) is 0 Å². The molecule has 0 radical (unpaired) electrons. The average molecular weight is 542 g/mol. The first kappa shape index (κ1) is 24.5. The molecule has 0 aromatic heterocycles. The van der Waals surface area contributed by atoms with Crippen LogP contribution in [0.5, 0.6) is 23.0 Å². The molecule has 3 aromatic rings. The summed E-state index contributed by atoms with van der Waals surface area (Å²) in [6.45, 7) is 2.78. The van der Waals surface area contributed by atoms with E-state index in [-0.39, 0.29) is 23.8 Å². The molecule has 0 saturated carbocycles. The second-order valence-corrected chi connectivity index (χ2v) is 10.6. The van der Waals surface area contributed by atoms with Crippen LogP contribution < -0.4 is 25.0 Å². The number of imide groups is 1. The normalized spacial score (nSPS) is 26.3. The molecule has 4 aliphatic heterocycles. The second-order valence-electron chi connectivity index (χ2n) is 10.6. The van der Waals surface area contributed by atoms with Crippen molar-refractivity contribution >= 4 is 29.1 Å². The molecule has 204 valence electrons. The zero-order valence-corrected chi connectivity index (χ0v) is 21.6. The molecular formula is C30H27N3O7. The molecular weight excluding hydrogens is 514 g/mol. The average Bonchev–Trinajstić information content (AvgIpc) is 3.54. The maximum Gasteiger partial charge on any atom is 0.250 e. The lowest BCUT2D eigenvalue weighted by Crippen LogP contribution is -2.53. The maximum atomic E-state index is 14.3. The summed E-state index contributed by atoms with van der Waals surface area (Å²) in [6.07, 6.45) is 0.971. The number of benzene rings is 3. The van der Waals surface area contributed by atoms with Crippen LogP contribution >= 0.6 is 0 Å². The number of carbonyl (C=O) groups excluding carboxylic acids is 3. The molecule has 1 spiro atoms. The number of ether oxygens (including phenoxy) is 2. The van der Waals surface area contributed by atoms with E-state index in [0.717, 1.165) is 16.9 Å². The number of anilines is 2. The summed E-state index contributed by atoms with van der Waals surface area (Å²) in [5.41, 5.74) is 1.79. The van der Waals surface area contributed by atoms with E-state index < -0.39 is 35.2 Å². The van der Waals surface area contributed by atoms with Crippen molar-refractivity contribution < 1.29 is 34.1 Å². The van der Waals surface area contributed by atoms with Gasteiger partial charge in [-0.2, -0.15) is 0 Å². The van der Waals surface area contributed by atoms with E-state index in [2.05, 4.69) is 10.6 Å². The number of fused-ring (bicyclic) bond motifs is 5. The minimum atomic E-state index is -1.45. The molecule has 0 unspecified atom stereocenters. The summed E-state index contributed by atoms with van der Waals surface area (Å²) in [7, 11) is 0. The minimum absolute atomic E-state index is 0.237. The third-order valence-electron chi connectivity index (χ3n) is 8.47. The van der Waals surface area contributed by atoms with E-state index >= 15 is 0 Å². The molecule has 4 heterocycles. The zero-order valence-electron chi connectivity index (χ0n) is 21.6. The Kier molecular flexibility index (Phi) is 5.33. The fourth-order valence-corrected chi connectivity index (χ4v) is 6.62. The SMILES string of the molecule is CCc1ccc2c(c1)[C@@]1(N[C@H](Cc3ccc(O)c(O)c3)[C@H]3C(=O)N(c4ccc5c(c4)OCCO5)C(=O)[C@H]31)C(=O)N2. The third-order valence-corrected chi connectivity index (χ3v) is 8.47. The third kappa shape index (κ3) is 3.35. The Morgan fingerprint density at radius 3 is 2.45 bits per heavy atom.